The number of halogens is 1. The largest absolute Gasteiger partial charge is 0.313 e. The Labute approximate surface area is 114 Å². The van der Waals surface area contributed by atoms with Gasteiger partial charge in [0.1, 0.15) is 0 Å². The lowest BCUT2D eigenvalue weighted by molar-refractivity contribution is 0.652. The van der Waals surface area contributed by atoms with Crippen LogP contribution in [0.5, 0.6) is 0 Å². The fourth-order valence-electron chi connectivity index (χ4n) is 1.44. The summed E-state index contributed by atoms with van der Waals surface area (Å²) in [5.41, 5.74) is 1.12. The summed E-state index contributed by atoms with van der Waals surface area (Å²) in [7, 11) is 1.93. The van der Waals surface area contributed by atoms with Crippen LogP contribution in [-0.4, -0.2) is 12.0 Å². The average Bonchev–Trinajstić information content (AvgIpc) is 2.81. The summed E-state index contributed by atoms with van der Waals surface area (Å²) in [5.74, 6) is 0. The second-order valence-corrected chi connectivity index (χ2v) is 6.22. The Morgan fingerprint density at radius 2 is 2.29 bits per heavy atom. The van der Waals surface area contributed by atoms with Crippen molar-refractivity contribution in [2.45, 2.75) is 22.2 Å². The van der Waals surface area contributed by atoms with Crippen molar-refractivity contribution in [2.75, 3.05) is 7.05 Å². The van der Waals surface area contributed by atoms with Crippen LogP contribution in [0.25, 0.3) is 0 Å². The maximum Gasteiger partial charge on any atom is 0.154 e. The van der Waals surface area contributed by atoms with E-state index in [0.29, 0.717) is 0 Å². The minimum Gasteiger partial charge on any atom is -0.313 e. The Morgan fingerprint density at radius 1 is 1.47 bits per heavy atom. The van der Waals surface area contributed by atoms with E-state index in [4.69, 9.17) is 11.6 Å². The van der Waals surface area contributed by atoms with Gasteiger partial charge >= 0.3 is 0 Å². The minimum atomic E-state index is 0.265. The summed E-state index contributed by atoms with van der Waals surface area (Å²) in [6.45, 7) is 2.09. The lowest BCUT2D eigenvalue weighted by Crippen LogP contribution is -2.12. The van der Waals surface area contributed by atoms with Crippen molar-refractivity contribution < 1.29 is 0 Å². The highest BCUT2D eigenvalue weighted by atomic mass is 35.5. The molecule has 0 fully saturated rings. The molecule has 1 heterocycles. The SMILES string of the molecule is CNC(C)c1ccc(Sc2nccs2)cc1Cl. The molecule has 0 saturated heterocycles. The molecule has 0 radical (unpaired) electrons. The first-order valence-corrected chi connectivity index (χ1v) is 7.32. The number of nitrogens with one attached hydrogen (secondary N) is 1. The second-order valence-electron chi connectivity index (χ2n) is 3.59. The highest BCUT2D eigenvalue weighted by Crippen LogP contribution is 2.33. The third kappa shape index (κ3) is 3.22. The minimum absolute atomic E-state index is 0.265. The molecule has 17 heavy (non-hydrogen) atoms. The number of nitrogens with zero attached hydrogens (tertiary/aromatic N) is 1. The van der Waals surface area contributed by atoms with Gasteiger partial charge in [0.05, 0.1) is 0 Å². The summed E-state index contributed by atoms with van der Waals surface area (Å²) in [6, 6.07) is 6.42. The van der Waals surface area contributed by atoms with Crippen molar-refractivity contribution >= 4 is 34.7 Å². The molecule has 2 nitrogen and oxygen atoms in total. The lowest BCUT2D eigenvalue weighted by Gasteiger charge is -2.13. The van der Waals surface area contributed by atoms with Gasteiger partial charge in [-0.15, -0.1) is 11.3 Å². The molecule has 1 aromatic heterocycles. The molecule has 0 bridgehead atoms. The van der Waals surface area contributed by atoms with Crippen LogP contribution < -0.4 is 5.32 Å². The molecule has 90 valence electrons. The van der Waals surface area contributed by atoms with Crippen molar-refractivity contribution in [1.82, 2.24) is 10.3 Å². The van der Waals surface area contributed by atoms with Crippen LogP contribution in [-0.2, 0) is 0 Å². The van der Waals surface area contributed by atoms with Gasteiger partial charge in [0.25, 0.3) is 0 Å². The van der Waals surface area contributed by atoms with E-state index in [1.165, 1.54) is 0 Å². The van der Waals surface area contributed by atoms with Crippen molar-refractivity contribution in [3.8, 4) is 0 Å². The zero-order valence-electron chi connectivity index (χ0n) is 9.61. The number of thiazole rings is 1. The molecule has 0 spiro atoms. The van der Waals surface area contributed by atoms with E-state index in [1.54, 1.807) is 23.1 Å². The molecule has 2 rings (SSSR count). The van der Waals surface area contributed by atoms with Gasteiger partial charge < -0.3 is 5.32 Å². The smallest absolute Gasteiger partial charge is 0.154 e. The number of aromatic nitrogens is 1. The lowest BCUT2D eigenvalue weighted by atomic mass is 10.1. The van der Waals surface area contributed by atoms with Crippen molar-refractivity contribution in [3.63, 3.8) is 0 Å². The van der Waals surface area contributed by atoms with Crippen LogP contribution >= 0.6 is 34.7 Å². The van der Waals surface area contributed by atoms with Crippen molar-refractivity contribution in [2.24, 2.45) is 0 Å². The molecule has 1 atom stereocenters. The summed E-state index contributed by atoms with van der Waals surface area (Å²) in [6.07, 6.45) is 1.81. The van der Waals surface area contributed by atoms with E-state index >= 15 is 0 Å². The molecule has 5 heteroatoms. The van der Waals surface area contributed by atoms with E-state index in [0.717, 1.165) is 19.8 Å². The number of benzene rings is 1. The Hall–Kier alpha value is -0.550. The first kappa shape index (κ1) is 12.9. The van der Waals surface area contributed by atoms with Gasteiger partial charge in [-0.25, -0.2) is 4.98 Å². The van der Waals surface area contributed by atoms with Crippen molar-refractivity contribution in [1.29, 1.82) is 0 Å². The standard InChI is InChI=1S/C12H13ClN2S2/c1-8(14-2)10-4-3-9(7-11(10)13)17-12-15-5-6-16-12/h3-8,14H,1-2H3. The molecule has 0 aliphatic rings. The normalized spacial score (nSPS) is 12.6. The molecular weight excluding hydrogens is 272 g/mol. The zero-order valence-corrected chi connectivity index (χ0v) is 12.0. The molecule has 2 aromatic rings. The van der Waals surface area contributed by atoms with E-state index in [1.807, 2.05) is 24.7 Å². The molecule has 0 amide bonds. The van der Waals surface area contributed by atoms with E-state index < -0.39 is 0 Å². The molecule has 1 unspecified atom stereocenters. The molecule has 1 N–H and O–H groups in total. The fourth-order valence-corrected chi connectivity index (χ4v) is 3.48. The number of hydrogen-bond donors (Lipinski definition) is 1. The van der Waals surface area contributed by atoms with Gasteiger partial charge in [-0.3, -0.25) is 0 Å². The molecule has 0 saturated carbocycles. The van der Waals surface area contributed by atoms with Gasteiger partial charge in [0.2, 0.25) is 0 Å². The Balaban J connectivity index is 2.19. The fraction of sp³-hybridized carbons (Fsp3) is 0.250. The van der Waals surface area contributed by atoms with Crippen LogP contribution in [0, 0.1) is 0 Å². The van der Waals surface area contributed by atoms with Crippen LogP contribution in [0.4, 0.5) is 0 Å². The molecular formula is C12H13ClN2S2. The second kappa shape index (κ2) is 5.87. The van der Waals surface area contributed by atoms with E-state index in [-0.39, 0.29) is 6.04 Å². The maximum absolute atomic E-state index is 6.27. The summed E-state index contributed by atoms with van der Waals surface area (Å²) in [5, 5.41) is 5.96. The Morgan fingerprint density at radius 3 is 2.88 bits per heavy atom. The van der Waals surface area contributed by atoms with Gasteiger partial charge in [-0.1, -0.05) is 29.4 Å². The third-order valence-electron chi connectivity index (χ3n) is 2.49. The first-order chi connectivity index (χ1) is 8.20. The Kier molecular flexibility index (Phi) is 4.45. The van der Waals surface area contributed by atoms with Crippen LogP contribution in [0.2, 0.25) is 5.02 Å². The van der Waals surface area contributed by atoms with Crippen molar-refractivity contribution in [3.05, 3.63) is 40.4 Å². The Bertz CT molecular complexity index is 485. The van der Waals surface area contributed by atoms with E-state index in [9.17, 15) is 0 Å². The topological polar surface area (TPSA) is 24.9 Å². The van der Waals surface area contributed by atoms with Crippen LogP contribution in [0.3, 0.4) is 0 Å². The zero-order chi connectivity index (χ0) is 12.3. The van der Waals surface area contributed by atoms with Gasteiger partial charge in [-0.05, 0) is 31.7 Å². The average molecular weight is 285 g/mol. The molecule has 0 aliphatic carbocycles. The quantitative estimate of drug-likeness (QED) is 0.909. The predicted molar refractivity (Wildman–Crippen MR) is 75.2 cm³/mol. The summed E-state index contributed by atoms with van der Waals surface area (Å²) >= 11 is 9.55. The van der Waals surface area contributed by atoms with Gasteiger partial charge in [-0.2, -0.15) is 0 Å². The summed E-state index contributed by atoms with van der Waals surface area (Å²) < 4.78 is 1.04. The van der Waals surface area contributed by atoms with Gasteiger partial charge in [0.15, 0.2) is 4.34 Å². The predicted octanol–water partition coefficient (Wildman–Crippen LogP) is 4.23. The van der Waals surface area contributed by atoms with Crippen LogP contribution in [0.1, 0.15) is 18.5 Å². The van der Waals surface area contributed by atoms with Gasteiger partial charge in [0, 0.05) is 27.5 Å². The highest BCUT2D eigenvalue weighted by molar-refractivity contribution is 8.01. The van der Waals surface area contributed by atoms with E-state index in [2.05, 4.69) is 29.4 Å². The number of rotatable bonds is 4. The maximum atomic E-state index is 6.27. The highest BCUT2D eigenvalue weighted by Gasteiger charge is 2.09. The summed E-state index contributed by atoms with van der Waals surface area (Å²) in [4.78, 5) is 5.36. The third-order valence-corrected chi connectivity index (χ3v) is 4.69. The molecule has 1 aromatic carbocycles. The monoisotopic (exact) mass is 284 g/mol. The van der Waals surface area contributed by atoms with Crippen LogP contribution in [0.15, 0.2) is 39.0 Å². The number of hydrogen-bond acceptors (Lipinski definition) is 4. The first-order valence-electron chi connectivity index (χ1n) is 5.24. The molecule has 0 aliphatic heterocycles.